The van der Waals surface area contributed by atoms with Gasteiger partial charge >= 0.3 is 0 Å². The molecule has 0 saturated carbocycles. The first-order valence-electron chi connectivity index (χ1n) is 3.54. The maximum atomic E-state index is 5.74. The Hall–Kier alpha value is -0.870. The number of fused-ring (bicyclic) bond motifs is 1. The van der Waals surface area contributed by atoms with Gasteiger partial charge in [-0.1, -0.05) is 11.6 Å². The van der Waals surface area contributed by atoms with Gasteiger partial charge in [-0.05, 0) is 28.1 Å². The predicted molar refractivity (Wildman–Crippen MR) is 56.7 cm³/mol. The van der Waals surface area contributed by atoms with Crippen molar-refractivity contribution in [3.05, 3.63) is 28.0 Å². The molecule has 2 rings (SSSR count). The second kappa shape index (κ2) is 3.12. The van der Waals surface area contributed by atoms with E-state index in [4.69, 9.17) is 17.3 Å². The van der Waals surface area contributed by atoms with Crippen molar-refractivity contribution in [3.63, 3.8) is 0 Å². The highest BCUT2D eigenvalue weighted by atomic mass is 79.9. The first-order valence-corrected chi connectivity index (χ1v) is 4.71. The van der Waals surface area contributed by atoms with Crippen molar-refractivity contribution >= 4 is 44.3 Å². The second-order valence-corrected chi connectivity index (χ2v) is 3.84. The number of rotatable bonds is 0. The van der Waals surface area contributed by atoms with Gasteiger partial charge in [-0.3, -0.25) is 0 Å². The molecule has 66 valence electrons. The molecule has 0 radical (unpaired) electrons. The molecule has 0 spiro atoms. The van der Waals surface area contributed by atoms with E-state index in [0.29, 0.717) is 16.5 Å². The molecule has 0 aliphatic carbocycles. The summed E-state index contributed by atoms with van der Waals surface area (Å²) in [7, 11) is 0. The molecule has 0 aliphatic heterocycles. The highest BCUT2D eigenvalue weighted by molar-refractivity contribution is 9.10. The minimum absolute atomic E-state index is 0.294. The van der Waals surface area contributed by atoms with Crippen LogP contribution in [0, 0.1) is 0 Å². The van der Waals surface area contributed by atoms with Crippen molar-refractivity contribution in [1.82, 2.24) is 9.97 Å². The van der Waals surface area contributed by atoms with Gasteiger partial charge in [-0.25, -0.2) is 9.97 Å². The Morgan fingerprint density at radius 1 is 1.38 bits per heavy atom. The van der Waals surface area contributed by atoms with Gasteiger partial charge in [0.15, 0.2) is 10.8 Å². The van der Waals surface area contributed by atoms with Crippen molar-refractivity contribution < 1.29 is 0 Å². The smallest absolute Gasteiger partial charge is 0.161 e. The summed E-state index contributed by atoms with van der Waals surface area (Å²) in [6.07, 6.45) is 1.67. The Morgan fingerprint density at radius 3 is 2.92 bits per heavy atom. The Bertz CT molecular complexity index is 472. The predicted octanol–water partition coefficient (Wildman–Crippen LogP) is 2.63. The molecule has 0 unspecified atom stereocenters. The monoisotopic (exact) mass is 257 g/mol. The molecule has 0 bridgehead atoms. The first-order chi connectivity index (χ1) is 6.16. The van der Waals surface area contributed by atoms with Crippen LogP contribution in [0.1, 0.15) is 0 Å². The molecule has 2 N–H and O–H groups in total. The van der Waals surface area contributed by atoms with Gasteiger partial charge in [0, 0.05) is 16.1 Å². The molecule has 0 aliphatic rings. The third-order valence-corrected chi connectivity index (χ3v) is 2.35. The minimum atomic E-state index is 0.294. The maximum Gasteiger partial charge on any atom is 0.161 e. The molecule has 13 heavy (non-hydrogen) atoms. The fraction of sp³-hybridized carbons (Fsp3) is 0. The number of hydrogen-bond donors (Lipinski definition) is 1. The third kappa shape index (κ3) is 1.59. The summed E-state index contributed by atoms with van der Waals surface area (Å²) in [6, 6.07) is 3.64. The molecule has 3 nitrogen and oxygen atoms in total. The van der Waals surface area contributed by atoms with Crippen molar-refractivity contribution in [1.29, 1.82) is 0 Å². The van der Waals surface area contributed by atoms with E-state index in [0.717, 1.165) is 9.86 Å². The van der Waals surface area contributed by atoms with Crippen LogP contribution in [0.25, 0.3) is 11.0 Å². The van der Waals surface area contributed by atoms with Crippen molar-refractivity contribution in [2.75, 3.05) is 5.73 Å². The lowest BCUT2D eigenvalue weighted by molar-refractivity contribution is 1.28. The van der Waals surface area contributed by atoms with Crippen molar-refractivity contribution in [2.45, 2.75) is 0 Å². The Morgan fingerprint density at radius 2 is 2.15 bits per heavy atom. The summed E-state index contributed by atoms with van der Waals surface area (Å²) < 4.78 is 0.892. The van der Waals surface area contributed by atoms with Gasteiger partial charge in [-0.2, -0.15) is 0 Å². The zero-order valence-corrected chi connectivity index (χ0v) is 8.80. The van der Waals surface area contributed by atoms with E-state index in [1.807, 2.05) is 6.07 Å². The lowest BCUT2D eigenvalue weighted by Crippen LogP contribution is -1.91. The van der Waals surface area contributed by atoms with Crippen LogP contribution in [0.15, 0.2) is 22.8 Å². The molecular weight excluding hydrogens is 253 g/mol. The van der Waals surface area contributed by atoms with E-state index < -0.39 is 0 Å². The minimum Gasteiger partial charge on any atom is -0.396 e. The maximum absolute atomic E-state index is 5.74. The van der Waals surface area contributed by atoms with Crippen molar-refractivity contribution in [3.8, 4) is 0 Å². The number of nitrogens with zero attached hydrogens (tertiary/aromatic N) is 2. The van der Waals surface area contributed by atoms with Crippen molar-refractivity contribution in [2.24, 2.45) is 0 Å². The van der Waals surface area contributed by atoms with Crippen LogP contribution in [0.4, 0.5) is 5.69 Å². The van der Waals surface area contributed by atoms with E-state index in [2.05, 4.69) is 25.9 Å². The van der Waals surface area contributed by atoms with Gasteiger partial charge in [0.1, 0.15) is 0 Å². The van der Waals surface area contributed by atoms with E-state index in [-0.39, 0.29) is 0 Å². The first kappa shape index (κ1) is 8.72. The molecule has 2 heterocycles. The van der Waals surface area contributed by atoms with Crippen LogP contribution >= 0.6 is 27.5 Å². The third-order valence-electron chi connectivity index (χ3n) is 1.62. The highest BCUT2D eigenvalue weighted by Gasteiger charge is 2.02. The molecule has 0 aromatic carbocycles. The topological polar surface area (TPSA) is 51.8 Å². The second-order valence-electron chi connectivity index (χ2n) is 2.57. The average molecular weight is 259 g/mol. The number of nitrogen functional groups attached to an aromatic ring is 1. The van der Waals surface area contributed by atoms with E-state index in [9.17, 15) is 0 Å². The normalized spacial score (nSPS) is 10.6. The number of halogens is 2. The lowest BCUT2D eigenvalue weighted by atomic mass is 10.3. The zero-order chi connectivity index (χ0) is 9.42. The summed E-state index contributed by atoms with van der Waals surface area (Å²) in [5, 5.41) is 1.17. The number of aromatic nitrogens is 2. The number of nitrogens with two attached hydrogens (primary N) is 1. The summed E-state index contributed by atoms with van der Waals surface area (Å²) in [6.45, 7) is 0. The van der Waals surface area contributed by atoms with Gasteiger partial charge < -0.3 is 5.73 Å². The summed E-state index contributed by atoms with van der Waals surface area (Å²) in [5.74, 6) is 0. The highest BCUT2D eigenvalue weighted by Crippen LogP contribution is 2.22. The Kier molecular flexibility index (Phi) is 2.09. The summed E-state index contributed by atoms with van der Waals surface area (Å²) >= 11 is 9.05. The molecule has 0 saturated heterocycles. The SMILES string of the molecule is Nc1cc2cc(Br)cnc2nc1Cl. The molecule has 2 aromatic heterocycles. The fourth-order valence-corrected chi connectivity index (χ4v) is 1.52. The largest absolute Gasteiger partial charge is 0.396 e. The molecule has 0 amide bonds. The fourth-order valence-electron chi connectivity index (χ4n) is 1.03. The van der Waals surface area contributed by atoms with Crippen LogP contribution in [0.2, 0.25) is 5.15 Å². The van der Waals surface area contributed by atoms with E-state index in [1.165, 1.54) is 0 Å². The van der Waals surface area contributed by atoms with Gasteiger partial charge in [-0.15, -0.1) is 0 Å². The molecule has 0 atom stereocenters. The summed E-state index contributed by atoms with van der Waals surface area (Å²) in [4.78, 5) is 8.11. The zero-order valence-electron chi connectivity index (χ0n) is 6.46. The van der Waals surface area contributed by atoms with Crippen LogP contribution in [-0.4, -0.2) is 9.97 Å². The number of hydrogen-bond acceptors (Lipinski definition) is 3. The van der Waals surface area contributed by atoms with Crippen LogP contribution in [-0.2, 0) is 0 Å². The summed E-state index contributed by atoms with van der Waals surface area (Å²) in [5.41, 5.74) is 6.66. The quantitative estimate of drug-likeness (QED) is 0.739. The van der Waals surface area contributed by atoms with Gasteiger partial charge in [0.2, 0.25) is 0 Å². The average Bonchev–Trinajstić information content (AvgIpc) is 2.08. The number of pyridine rings is 2. The Labute approximate surface area is 88.1 Å². The molecular formula is C8H5BrClN3. The molecule has 5 heteroatoms. The van der Waals surface area contributed by atoms with E-state index in [1.54, 1.807) is 12.3 Å². The standard InChI is InChI=1S/C8H5BrClN3/c9-5-1-4-2-6(11)7(10)13-8(4)12-3-5/h1-3H,11H2. The lowest BCUT2D eigenvalue weighted by Gasteiger charge is -2.00. The van der Waals surface area contributed by atoms with E-state index >= 15 is 0 Å². The molecule has 2 aromatic rings. The Balaban J connectivity index is 2.81. The van der Waals surface area contributed by atoms with Crippen LogP contribution < -0.4 is 5.73 Å². The number of anilines is 1. The molecule has 0 fully saturated rings. The van der Waals surface area contributed by atoms with Gasteiger partial charge in [0.25, 0.3) is 0 Å². The van der Waals surface area contributed by atoms with Crippen LogP contribution in [0.5, 0.6) is 0 Å². The van der Waals surface area contributed by atoms with Gasteiger partial charge in [0.05, 0.1) is 5.69 Å². The van der Waals surface area contributed by atoms with Crippen LogP contribution in [0.3, 0.4) is 0 Å².